The minimum Gasteiger partial charge on any atom is -0.342 e. The average Bonchev–Trinajstić information content (AvgIpc) is 2.75. The van der Waals surface area contributed by atoms with E-state index >= 15 is 0 Å². The van der Waals surface area contributed by atoms with Crippen LogP contribution in [0.1, 0.15) is 19.2 Å². The van der Waals surface area contributed by atoms with Crippen LogP contribution in [0.25, 0.3) is 11.3 Å². The molecule has 0 spiro atoms. The van der Waals surface area contributed by atoms with Crippen molar-refractivity contribution in [2.45, 2.75) is 25.8 Å². The van der Waals surface area contributed by atoms with E-state index in [0.29, 0.717) is 5.02 Å². The molecule has 0 aliphatic rings. The smallest absolute Gasteiger partial charge is 0.124 e. The third kappa shape index (κ3) is 3.09. The van der Waals surface area contributed by atoms with Gasteiger partial charge < -0.3 is 10.7 Å². The number of aromatic amines is 1. The monoisotopic (exact) mass is 267 g/mol. The van der Waals surface area contributed by atoms with Gasteiger partial charge in [0.25, 0.3) is 0 Å². The van der Waals surface area contributed by atoms with Crippen LogP contribution in [0.3, 0.4) is 0 Å². The quantitative estimate of drug-likeness (QED) is 0.894. The Balaban J connectivity index is 2.18. The molecule has 96 valence electrons. The molecule has 0 bridgehead atoms. The lowest BCUT2D eigenvalue weighted by Gasteiger charge is -2.02. The number of hydrogen-bond acceptors (Lipinski definition) is 2. The Labute approximate surface area is 110 Å². The van der Waals surface area contributed by atoms with Gasteiger partial charge in [0.1, 0.15) is 11.6 Å². The van der Waals surface area contributed by atoms with Gasteiger partial charge in [-0.1, -0.05) is 11.6 Å². The van der Waals surface area contributed by atoms with Gasteiger partial charge in [-0.05, 0) is 31.5 Å². The molecular weight excluding hydrogens is 253 g/mol. The molecule has 0 radical (unpaired) electrons. The Kier molecular flexibility index (Phi) is 3.99. The maximum absolute atomic E-state index is 13.0. The van der Waals surface area contributed by atoms with Gasteiger partial charge in [-0.25, -0.2) is 9.37 Å². The Morgan fingerprint density at radius 2 is 2.28 bits per heavy atom. The van der Waals surface area contributed by atoms with Crippen LogP contribution >= 0.6 is 11.6 Å². The lowest BCUT2D eigenvalue weighted by atomic mass is 10.1. The molecule has 0 fully saturated rings. The molecule has 18 heavy (non-hydrogen) atoms. The van der Waals surface area contributed by atoms with Gasteiger partial charge in [-0.2, -0.15) is 0 Å². The third-order valence-corrected chi connectivity index (χ3v) is 3.00. The van der Waals surface area contributed by atoms with E-state index in [4.69, 9.17) is 17.3 Å². The van der Waals surface area contributed by atoms with Gasteiger partial charge in [-0.3, -0.25) is 0 Å². The highest BCUT2D eigenvalue weighted by Gasteiger charge is 2.08. The molecule has 2 rings (SSSR count). The lowest BCUT2D eigenvalue weighted by molar-refractivity contribution is 0.628. The average molecular weight is 268 g/mol. The summed E-state index contributed by atoms with van der Waals surface area (Å²) in [5.41, 5.74) is 7.23. The highest BCUT2D eigenvalue weighted by atomic mass is 35.5. The van der Waals surface area contributed by atoms with E-state index in [1.807, 2.05) is 6.92 Å². The molecule has 2 aromatic rings. The number of benzene rings is 1. The number of aromatic nitrogens is 2. The Hall–Kier alpha value is -1.39. The largest absolute Gasteiger partial charge is 0.342 e. The number of hydrogen-bond donors (Lipinski definition) is 2. The Morgan fingerprint density at radius 3 is 2.94 bits per heavy atom. The van der Waals surface area contributed by atoms with Crippen molar-refractivity contribution in [3.05, 3.63) is 41.1 Å². The van der Waals surface area contributed by atoms with E-state index < -0.39 is 0 Å². The van der Waals surface area contributed by atoms with Crippen molar-refractivity contribution in [2.75, 3.05) is 0 Å². The second kappa shape index (κ2) is 5.50. The predicted octanol–water partition coefficient (Wildman–Crippen LogP) is 3.15. The highest BCUT2D eigenvalue weighted by Crippen LogP contribution is 2.27. The summed E-state index contributed by atoms with van der Waals surface area (Å²) in [4.78, 5) is 7.44. The van der Waals surface area contributed by atoms with Crippen LogP contribution in [0, 0.1) is 5.82 Å². The van der Waals surface area contributed by atoms with Crippen LogP contribution in [-0.4, -0.2) is 16.0 Å². The fourth-order valence-corrected chi connectivity index (χ4v) is 1.97. The van der Waals surface area contributed by atoms with Gasteiger partial charge in [0.15, 0.2) is 0 Å². The Bertz CT molecular complexity index is 537. The van der Waals surface area contributed by atoms with E-state index in [0.717, 1.165) is 29.9 Å². The van der Waals surface area contributed by atoms with Crippen molar-refractivity contribution < 1.29 is 4.39 Å². The molecule has 3 nitrogen and oxygen atoms in total. The van der Waals surface area contributed by atoms with Crippen molar-refractivity contribution in [1.29, 1.82) is 0 Å². The fraction of sp³-hybridized carbons (Fsp3) is 0.308. The molecule has 0 aliphatic heterocycles. The van der Waals surface area contributed by atoms with Crippen LogP contribution < -0.4 is 5.73 Å². The summed E-state index contributed by atoms with van der Waals surface area (Å²) < 4.78 is 13.0. The van der Waals surface area contributed by atoms with Crippen LogP contribution in [0.15, 0.2) is 24.4 Å². The van der Waals surface area contributed by atoms with Crippen LogP contribution in [0.4, 0.5) is 4.39 Å². The summed E-state index contributed by atoms with van der Waals surface area (Å²) in [5, 5.41) is 0.373. The molecule has 0 saturated heterocycles. The third-order valence-electron chi connectivity index (χ3n) is 2.69. The zero-order chi connectivity index (χ0) is 13.1. The summed E-state index contributed by atoms with van der Waals surface area (Å²) in [6.45, 7) is 1.96. The van der Waals surface area contributed by atoms with Crippen molar-refractivity contribution in [2.24, 2.45) is 5.73 Å². The van der Waals surface area contributed by atoms with E-state index in [9.17, 15) is 4.39 Å². The lowest BCUT2D eigenvalue weighted by Crippen LogP contribution is -2.15. The molecule has 1 aromatic heterocycles. The maximum Gasteiger partial charge on any atom is 0.124 e. The van der Waals surface area contributed by atoms with Crippen LogP contribution in [0.5, 0.6) is 0 Å². The molecule has 1 atom stereocenters. The van der Waals surface area contributed by atoms with Crippen molar-refractivity contribution in [3.8, 4) is 11.3 Å². The summed E-state index contributed by atoms with van der Waals surface area (Å²) in [6, 6.07) is 4.46. The van der Waals surface area contributed by atoms with Crippen LogP contribution in [-0.2, 0) is 6.42 Å². The van der Waals surface area contributed by atoms with Crippen LogP contribution in [0.2, 0.25) is 5.02 Å². The van der Waals surface area contributed by atoms with E-state index in [-0.39, 0.29) is 11.9 Å². The first-order chi connectivity index (χ1) is 8.56. The summed E-state index contributed by atoms with van der Waals surface area (Å²) in [7, 11) is 0. The second-order valence-electron chi connectivity index (χ2n) is 4.38. The van der Waals surface area contributed by atoms with Crippen molar-refractivity contribution in [3.63, 3.8) is 0 Å². The normalized spacial score (nSPS) is 12.7. The fourth-order valence-electron chi connectivity index (χ4n) is 1.70. The second-order valence-corrected chi connectivity index (χ2v) is 4.79. The molecule has 0 amide bonds. The number of nitrogens with one attached hydrogen (secondary N) is 1. The van der Waals surface area contributed by atoms with Gasteiger partial charge in [-0.15, -0.1) is 0 Å². The number of imidazole rings is 1. The van der Waals surface area contributed by atoms with Gasteiger partial charge >= 0.3 is 0 Å². The van der Waals surface area contributed by atoms with E-state index in [1.165, 1.54) is 12.1 Å². The van der Waals surface area contributed by atoms with Crippen molar-refractivity contribution in [1.82, 2.24) is 9.97 Å². The minimum atomic E-state index is -0.347. The first-order valence-electron chi connectivity index (χ1n) is 5.81. The first kappa shape index (κ1) is 13.1. The number of H-pyrrole nitrogens is 1. The first-order valence-corrected chi connectivity index (χ1v) is 6.19. The summed E-state index contributed by atoms with van der Waals surface area (Å²) in [5.74, 6) is 0.517. The zero-order valence-electron chi connectivity index (χ0n) is 10.1. The molecule has 0 saturated carbocycles. The summed E-state index contributed by atoms with van der Waals surface area (Å²) >= 11 is 5.99. The van der Waals surface area contributed by atoms with Gasteiger partial charge in [0.05, 0.1) is 16.9 Å². The molecule has 1 unspecified atom stereocenters. The van der Waals surface area contributed by atoms with E-state index in [1.54, 1.807) is 12.3 Å². The van der Waals surface area contributed by atoms with Gasteiger partial charge in [0, 0.05) is 18.0 Å². The topological polar surface area (TPSA) is 54.7 Å². The van der Waals surface area contributed by atoms with Gasteiger partial charge in [0.2, 0.25) is 0 Å². The predicted molar refractivity (Wildman–Crippen MR) is 71.0 cm³/mol. The molecule has 3 N–H and O–H groups in total. The standard InChI is InChI=1S/C13H15ClFN3/c1-8(16)2-5-13-17-7-12(18-13)10-4-3-9(15)6-11(10)14/h3-4,6-8H,2,5,16H2,1H3,(H,17,18). The van der Waals surface area contributed by atoms with E-state index in [2.05, 4.69) is 9.97 Å². The minimum absolute atomic E-state index is 0.146. The number of rotatable bonds is 4. The molecule has 0 aliphatic carbocycles. The molecular formula is C13H15ClFN3. The number of aryl methyl sites for hydroxylation is 1. The zero-order valence-corrected chi connectivity index (χ0v) is 10.8. The number of halogens is 2. The summed E-state index contributed by atoms with van der Waals surface area (Å²) in [6.07, 6.45) is 3.36. The Morgan fingerprint density at radius 1 is 1.50 bits per heavy atom. The van der Waals surface area contributed by atoms with Crippen molar-refractivity contribution >= 4 is 11.6 Å². The molecule has 1 aromatic carbocycles. The SMILES string of the molecule is CC(N)CCc1ncc(-c2ccc(F)cc2Cl)[nH]1. The highest BCUT2D eigenvalue weighted by molar-refractivity contribution is 6.33. The molecule has 1 heterocycles. The maximum atomic E-state index is 13.0. The molecule has 5 heteroatoms. The number of nitrogens with zero attached hydrogens (tertiary/aromatic N) is 1. The number of nitrogens with two attached hydrogens (primary N) is 1.